The van der Waals surface area contributed by atoms with Crippen LogP contribution < -0.4 is 4.80 Å². The van der Waals surface area contributed by atoms with E-state index in [1.165, 1.54) is 17.4 Å². The molecule has 0 aliphatic heterocycles. The lowest BCUT2D eigenvalue weighted by molar-refractivity contribution is 0.0990. The molecule has 0 spiro atoms. The topological polar surface area (TPSA) is 34.4 Å². The lowest BCUT2D eigenvalue weighted by Crippen LogP contribution is -2.17. The summed E-state index contributed by atoms with van der Waals surface area (Å²) in [5, 5.41) is 0. The molecule has 0 aliphatic rings. The highest BCUT2D eigenvalue weighted by Gasteiger charge is 2.17. The Labute approximate surface area is 141 Å². The summed E-state index contributed by atoms with van der Waals surface area (Å²) >= 11 is 1.30. The van der Waals surface area contributed by atoms with Crippen molar-refractivity contribution in [3.05, 3.63) is 76.6 Å². The number of hydrogen-bond acceptors (Lipinski definition) is 2. The molecule has 2 aromatic carbocycles. The van der Waals surface area contributed by atoms with Gasteiger partial charge in [-0.2, -0.15) is 4.99 Å². The predicted octanol–water partition coefficient (Wildman–Crippen LogP) is 4.22. The van der Waals surface area contributed by atoms with E-state index in [1.807, 2.05) is 29.7 Å². The van der Waals surface area contributed by atoms with Gasteiger partial charge in [-0.1, -0.05) is 35.6 Å². The second kappa shape index (κ2) is 6.49. The van der Waals surface area contributed by atoms with Crippen LogP contribution in [-0.2, 0) is 6.54 Å². The van der Waals surface area contributed by atoms with Crippen LogP contribution in [0.3, 0.4) is 0 Å². The standard InChI is InChI=1S/C18H14F2N2OS/c1-3-10-22-16-11(2)6-4-9-14(16)24-18(22)21-17(23)15-12(19)7-5-8-13(15)20/h3-9H,1,10H2,2H3. The number of rotatable bonds is 3. The summed E-state index contributed by atoms with van der Waals surface area (Å²) in [5.41, 5.74) is 1.32. The number of aryl methyl sites for hydroxylation is 1. The molecule has 0 N–H and O–H groups in total. The van der Waals surface area contributed by atoms with E-state index in [4.69, 9.17) is 0 Å². The molecule has 24 heavy (non-hydrogen) atoms. The second-order valence-corrected chi connectivity index (χ2v) is 6.23. The Morgan fingerprint density at radius 2 is 1.92 bits per heavy atom. The van der Waals surface area contributed by atoms with Crippen molar-refractivity contribution >= 4 is 27.5 Å². The van der Waals surface area contributed by atoms with Gasteiger partial charge in [0.05, 0.1) is 10.2 Å². The molecular formula is C18H14F2N2OS. The maximum absolute atomic E-state index is 13.8. The summed E-state index contributed by atoms with van der Waals surface area (Å²) in [7, 11) is 0. The van der Waals surface area contributed by atoms with Gasteiger partial charge in [-0.05, 0) is 30.7 Å². The fourth-order valence-electron chi connectivity index (χ4n) is 2.54. The molecule has 0 radical (unpaired) electrons. The van der Waals surface area contributed by atoms with Crippen molar-refractivity contribution in [2.45, 2.75) is 13.5 Å². The molecule has 0 saturated carbocycles. The smallest absolute Gasteiger partial charge is 0.285 e. The van der Waals surface area contributed by atoms with E-state index in [2.05, 4.69) is 11.6 Å². The van der Waals surface area contributed by atoms with Crippen LogP contribution in [0.5, 0.6) is 0 Å². The number of thiazole rings is 1. The maximum atomic E-state index is 13.8. The normalized spacial score (nSPS) is 11.9. The molecule has 3 nitrogen and oxygen atoms in total. The minimum atomic E-state index is -0.937. The maximum Gasteiger partial charge on any atom is 0.285 e. The van der Waals surface area contributed by atoms with Crippen LogP contribution in [0.1, 0.15) is 15.9 Å². The fourth-order valence-corrected chi connectivity index (χ4v) is 3.65. The highest BCUT2D eigenvalue weighted by Crippen LogP contribution is 2.21. The average Bonchev–Trinajstić information content (AvgIpc) is 2.86. The molecule has 0 fully saturated rings. The highest BCUT2D eigenvalue weighted by atomic mass is 32.1. The Morgan fingerprint density at radius 1 is 1.25 bits per heavy atom. The lowest BCUT2D eigenvalue weighted by atomic mass is 10.2. The molecule has 0 unspecified atom stereocenters. The second-order valence-electron chi connectivity index (χ2n) is 5.22. The van der Waals surface area contributed by atoms with E-state index in [9.17, 15) is 13.6 Å². The molecular weight excluding hydrogens is 330 g/mol. The Balaban J connectivity index is 2.23. The number of hydrogen-bond donors (Lipinski definition) is 0. The van der Waals surface area contributed by atoms with Gasteiger partial charge in [-0.3, -0.25) is 4.79 Å². The van der Waals surface area contributed by atoms with Crippen molar-refractivity contribution in [1.82, 2.24) is 4.57 Å². The number of amides is 1. The lowest BCUT2D eigenvalue weighted by Gasteiger charge is -2.04. The van der Waals surface area contributed by atoms with Crippen molar-refractivity contribution in [3.63, 3.8) is 0 Å². The largest absolute Gasteiger partial charge is 0.312 e. The van der Waals surface area contributed by atoms with Gasteiger partial charge < -0.3 is 4.57 Å². The van der Waals surface area contributed by atoms with E-state index < -0.39 is 23.1 Å². The Hall–Kier alpha value is -2.60. The molecule has 122 valence electrons. The van der Waals surface area contributed by atoms with Crippen LogP contribution >= 0.6 is 11.3 Å². The van der Waals surface area contributed by atoms with Gasteiger partial charge in [0, 0.05) is 6.54 Å². The summed E-state index contributed by atoms with van der Waals surface area (Å²) in [6.07, 6.45) is 1.69. The molecule has 3 rings (SSSR count). The minimum Gasteiger partial charge on any atom is -0.312 e. The van der Waals surface area contributed by atoms with E-state index in [0.717, 1.165) is 27.9 Å². The third-order valence-electron chi connectivity index (χ3n) is 3.59. The Bertz CT molecular complexity index is 997. The third kappa shape index (κ3) is 2.80. The Kier molecular flexibility index (Phi) is 4.40. The number of halogens is 2. The zero-order chi connectivity index (χ0) is 17.3. The van der Waals surface area contributed by atoms with Gasteiger partial charge in [0.2, 0.25) is 0 Å². The monoisotopic (exact) mass is 344 g/mol. The van der Waals surface area contributed by atoms with E-state index in [0.29, 0.717) is 11.3 Å². The van der Waals surface area contributed by atoms with Gasteiger partial charge in [0.1, 0.15) is 17.2 Å². The molecule has 0 aliphatic carbocycles. The number of carbonyl (C=O) groups is 1. The first-order chi connectivity index (χ1) is 11.5. The molecule has 1 heterocycles. The van der Waals surface area contributed by atoms with E-state index in [-0.39, 0.29) is 0 Å². The van der Waals surface area contributed by atoms with Gasteiger partial charge in [0.15, 0.2) is 4.80 Å². The zero-order valence-electron chi connectivity index (χ0n) is 12.9. The molecule has 0 saturated heterocycles. The zero-order valence-corrected chi connectivity index (χ0v) is 13.7. The quantitative estimate of drug-likeness (QED) is 0.655. The first-order valence-corrected chi connectivity index (χ1v) is 8.07. The SMILES string of the molecule is C=CCn1c(=NC(=O)c2c(F)cccc2F)sc2cccc(C)c21. The first kappa shape index (κ1) is 16.3. The molecule has 6 heteroatoms. The van der Waals surface area contributed by atoms with Gasteiger partial charge in [-0.15, -0.1) is 6.58 Å². The molecule has 1 amide bonds. The van der Waals surface area contributed by atoms with Gasteiger partial charge >= 0.3 is 0 Å². The molecule has 0 atom stereocenters. The number of fused-ring (bicyclic) bond motifs is 1. The highest BCUT2D eigenvalue weighted by molar-refractivity contribution is 7.16. The molecule has 0 bridgehead atoms. The van der Waals surface area contributed by atoms with Crippen LogP contribution in [0, 0.1) is 18.6 Å². The van der Waals surface area contributed by atoms with Crippen molar-refractivity contribution < 1.29 is 13.6 Å². The number of carbonyl (C=O) groups excluding carboxylic acids is 1. The van der Waals surface area contributed by atoms with Crippen LogP contribution in [0.25, 0.3) is 10.2 Å². The summed E-state index contributed by atoms with van der Waals surface area (Å²) in [5.74, 6) is -2.78. The van der Waals surface area contributed by atoms with Gasteiger partial charge in [-0.25, -0.2) is 8.78 Å². The van der Waals surface area contributed by atoms with Gasteiger partial charge in [0.25, 0.3) is 5.91 Å². The number of aromatic nitrogens is 1. The number of nitrogens with zero attached hydrogens (tertiary/aromatic N) is 2. The molecule has 1 aromatic heterocycles. The van der Waals surface area contributed by atoms with E-state index in [1.54, 1.807) is 6.08 Å². The van der Waals surface area contributed by atoms with Crippen LogP contribution in [0.4, 0.5) is 8.78 Å². The van der Waals surface area contributed by atoms with Crippen LogP contribution in [0.15, 0.2) is 54.0 Å². The third-order valence-corrected chi connectivity index (χ3v) is 4.63. The minimum absolute atomic E-state index is 0.381. The number of allylic oxidation sites excluding steroid dienone is 1. The molecule has 3 aromatic rings. The van der Waals surface area contributed by atoms with Crippen molar-refractivity contribution in [3.8, 4) is 0 Å². The van der Waals surface area contributed by atoms with Crippen molar-refractivity contribution in [2.75, 3.05) is 0 Å². The van der Waals surface area contributed by atoms with Crippen molar-refractivity contribution in [1.29, 1.82) is 0 Å². The summed E-state index contributed by atoms with van der Waals surface area (Å²) in [4.78, 5) is 16.6. The predicted molar refractivity (Wildman–Crippen MR) is 91.0 cm³/mol. The van der Waals surface area contributed by atoms with E-state index >= 15 is 0 Å². The van der Waals surface area contributed by atoms with Crippen molar-refractivity contribution in [2.24, 2.45) is 4.99 Å². The Morgan fingerprint density at radius 3 is 2.58 bits per heavy atom. The average molecular weight is 344 g/mol. The first-order valence-electron chi connectivity index (χ1n) is 7.26. The summed E-state index contributed by atoms with van der Waals surface area (Å²) in [6.45, 7) is 6.11. The van der Waals surface area contributed by atoms with Crippen LogP contribution in [0.2, 0.25) is 0 Å². The summed E-state index contributed by atoms with van der Waals surface area (Å²) < 4.78 is 30.3. The number of benzene rings is 2. The summed E-state index contributed by atoms with van der Waals surface area (Å²) in [6, 6.07) is 9.07. The van der Waals surface area contributed by atoms with Crippen LogP contribution in [-0.4, -0.2) is 10.5 Å². The fraction of sp³-hybridized carbons (Fsp3) is 0.111. The number of para-hydroxylation sites is 1.